The van der Waals surface area contributed by atoms with Crippen LogP contribution < -0.4 is 0 Å². The highest BCUT2D eigenvalue weighted by Gasteiger charge is 2.56. The molecule has 0 bridgehead atoms. The Kier molecular flexibility index (Phi) is 3.62. The van der Waals surface area contributed by atoms with Gasteiger partial charge < -0.3 is 9.72 Å². The second kappa shape index (κ2) is 6.13. The molecule has 8 heteroatoms. The number of aromatic amines is 1. The lowest BCUT2D eigenvalue weighted by atomic mass is 9.74. The van der Waals surface area contributed by atoms with Gasteiger partial charge in [-0.2, -0.15) is 0 Å². The summed E-state index contributed by atoms with van der Waals surface area (Å²) in [6, 6.07) is 8.02. The fraction of sp³-hybridized carbons (Fsp3) is 0.524. The quantitative estimate of drug-likeness (QED) is 0.640. The summed E-state index contributed by atoms with van der Waals surface area (Å²) in [6.45, 7) is 0.636. The van der Waals surface area contributed by atoms with Crippen molar-refractivity contribution in [2.45, 2.75) is 62.7 Å². The molecular weight excluding hydrogens is 368 g/mol. The van der Waals surface area contributed by atoms with E-state index >= 15 is 0 Å². The number of aromatic nitrogens is 5. The number of carbonyl (C=O) groups excluding carboxylic acids is 1. The van der Waals surface area contributed by atoms with Gasteiger partial charge in [0.1, 0.15) is 6.04 Å². The number of ether oxygens (including phenoxy) is 1. The summed E-state index contributed by atoms with van der Waals surface area (Å²) in [4.78, 5) is 19.1. The maximum absolute atomic E-state index is 13.0. The Morgan fingerprint density at radius 1 is 1.24 bits per heavy atom. The molecule has 29 heavy (non-hydrogen) atoms. The summed E-state index contributed by atoms with van der Waals surface area (Å²) in [5.74, 6) is 0.735. The Labute approximate surface area is 168 Å². The van der Waals surface area contributed by atoms with E-state index in [-0.39, 0.29) is 23.6 Å². The monoisotopic (exact) mass is 392 g/mol. The van der Waals surface area contributed by atoms with Gasteiger partial charge in [0.15, 0.2) is 5.82 Å². The number of carbonyl (C=O) groups is 1. The van der Waals surface area contributed by atoms with Crippen LogP contribution in [-0.4, -0.2) is 49.2 Å². The molecule has 6 rings (SSSR count). The van der Waals surface area contributed by atoms with E-state index in [9.17, 15) is 4.79 Å². The molecule has 150 valence electrons. The van der Waals surface area contributed by atoms with E-state index in [1.807, 2.05) is 10.7 Å². The minimum atomic E-state index is -0.333. The van der Waals surface area contributed by atoms with E-state index in [2.05, 4.69) is 43.6 Å². The third kappa shape index (κ3) is 2.23. The van der Waals surface area contributed by atoms with Gasteiger partial charge in [0.25, 0.3) is 0 Å². The predicted octanol–water partition coefficient (Wildman–Crippen LogP) is 2.47. The molecule has 2 unspecified atom stereocenters. The summed E-state index contributed by atoms with van der Waals surface area (Å²) in [5.41, 5.74) is 3.21. The molecule has 1 spiro atoms. The molecule has 1 aromatic carbocycles. The van der Waals surface area contributed by atoms with Crippen molar-refractivity contribution < 1.29 is 9.53 Å². The lowest BCUT2D eigenvalue weighted by molar-refractivity contribution is -0.158. The second-order valence-corrected chi connectivity index (χ2v) is 8.51. The summed E-state index contributed by atoms with van der Waals surface area (Å²) < 4.78 is 7.26. The Morgan fingerprint density at radius 3 is 2.90 bits per heavy atom. The van der Waals surface area contributed by atoms with Crippen LogP contribution in [0, 0.1) is 0 Å². The molecule has 2 atom stereocenters. The zero-order chi connectivity index (χ0) is 19.6. The highest BCUT2D eigenvalue weighted by atomic mass is 16.5. The molecule has 1 N–H and O–H groups in total. The Hall–Kier alpha value is -2.74. The average Bonchev–Trinajstić information content (AvgIpc) is 3.38. The van der Waals surface area contributed by atoms with Crippen molar-refractivity contribution >= 4 is 16.9 Å². The largest absolute Gasteiger partial charge is 0.468 e. The molecule has 3 aromatic rings. The van der Waals surface area contributed by atoms with Crippen LogP contribution in [0.25, 0.3) is 10.9 Å². The van der Waals surface area contributed by atoms with Crippen LogP contribution in [0.4, 0.5) is 0 Å². The van der Waals surface area contributed by atoms with Gasteiger partial charge in [0.05, 0.1) is 25.2 Å². The number of methoxy groups -OCH3 is 1. The maximum Gasteiger partial charge on any atom is 0.323 e. The van der Waals surface area contributed by atoms with Gasteiger partial charge in [0, 0.05) is 23.0 Å². The average molecular weight is 392 g/mol. The first kappa shape index (κ1) is 17.1. The Bertz CT molecular complexity index is 1100. The molecule has 1 aliphatic carbocycles. The molecule has 0 amide bonds. The van der Waals surface area contributed by atoms with E-state index in [1.165, 1.54) is 30.2 Å². The first-order valence-corrected chi connectivity index (χ1v) is 10.5. The topological polar surface area (TPSA) is 88.9 Å². The number of hydrogen-bond donors (Lipinski definition) is 1. The normalized spacial score (nSPS) is 25.4. The molecule has 2 aromatic heterocycles. The fourth-order valence-electron chi connectivity index (χ4n) is 6.04. The molecule has 3 aliphatic rings. The third-order valence-corrected chi connectivity index (χ3v) is 7.19. The molecule has 0 radical (unpaired) electrons. The molecule has 0 saturated heterocycles. The zero-order valence-corrected chi connectivity index (χ0v) is 16.5. The SMILES string of the molecule is COC(=O)C1Cc2c([nH]c3ccccc23)C2Cn3nnnc3C3(CCCCC3)N12. The zero-order valence-electron chi connectivity index (χ0n) is 16.5. The van der Waals surface area contributed by atoms with Gasteiger partial charge >= 0.3 is 5.97 Å². The van der Waals surface area contributed by atoms with Crippen molar-refractivity contribution in [3.8, 4) is 0 Å². The highest BCUT2D eigenvalue weighted by Crippen LogP contribution is 2.52. The van der Waals surface area contributed by atoms with E-state index in [0.29, 0.717) is 13.0 Å². The van der Waals surface area contributed by atoms with Crippen LogP contribution in [0.1, 0.15) is 55.2 Å². The molecule has 1 saturated carbocycles. The lowest BCUT2D eigenvalue weighted by Gasteiger charge is -2.55. The van der Waals surface area contributed by atoms with Crippen molar-refractivity contribution in [1.82, 2.24) is 30.1 Å². The lowest BCUT2D eigenvalue weighted by Crippen LogP contribution is -2.63. The van der Waals surface area contributed by atoms with Crippen LogP contribution in [-0.2, 0) is 28.0 Å². The van der Waals surface area contributed by atoms with Gasteiger partial charge in [-0.1, -0.05) is 37.5 Å². The Morgan fingerprint density at radius 2 is 2.07 bits per heavy atom. The van der Waals surface area contributed by atoms with Crippen LogP contribution in [0.2, 0.25) is 0 Å². The van der Waals surface area contributed by atoms with Gasteiger partial charge in [-0.05, 0) is 34.9 Å². The van der Waals surface area contributed by atoms with Crippen molar-refractivity contribution in [1.29, 1.82) is 0 Å². The van der Waals surface area contributed by atoms with Crippen molar-refractivity contribution in [2.75, 3.05) is 7.11 Å². The first-order chi connectivity index (χ1) is 14.2. The fourth-order valence-corrected chi connectivity index (χ4v) is 6.04. The van der Waals surface area contributed by atoms with Crippen molar-refractivity contribution in [2.24, 2.45) is 0 Å². The number of esters is 1. The minimum absolute atomic E-state index is 0.0179. The number of H-pyrrole nitrogens is 1. The number of rotatable bonds is 1. The number of hydrogen-bond acceptors (Lipinski definition) is 6. The van der Waals surface area contributed by atoms with Crippen molar-refractivity contribution in [3.63, 3.8) is 0 Å². The first-order valence-electron chi connectivity index (χ1n) is 10.5. The number of tetrazole rings is 1. The molecule has 4 heterocycles. The smallest absolute Gasteiger partial charge is 0.323 e. The second-order valence-electron chi connectivity index (χ2n) is 8.51. The predicted molar refractivity (Wildman–Crippen MR) is 105 cm³/mol. The van der Waals surface area contributed by atoms with Crippen LogP contribution >= 0.6 is 0 Å². The number of nitrogens with one attached hydrogen (secondary N) is 1. The molecular formula is C21H24N6O2. The summed E-state index contributed by atoms with van der Waals surface area (Å²) in [5, 5.41) is 14.0. The molecule has 1 fully saturated rings. The number of benzene rings is 1. The number of para-hydroxylation sites is 1. The van der Waals surface area contributed by atoms with E-state index in [0.717, 1.165) is 37.0 Å². The van der Waals surface area contributed by atoms with E-state index in [1.54, 1.807) is 0 Å². The summed E-state index contributed by atoms with van der Waals surface area (Å²) in [6.07, 6.45) is 6.01. The van der Waals surface area contributed by atoms with Gasteiger partial charge in [-0.15, -0.1) is 5.10 Å². The minimum Gasteiger partial charge on any atom is -0.468 e. The standard InChI is InChI=1S/C21H24N6O2/c1-29-19(28)16-11-14-13-7-3-4-8-15(13)22-18(14)17-12-26-20(23-24-25-26)21(27(16)17)9-5-2-6-10-21/h3-4,7-8,16-17,22H,2,5-6,9-12H2,1H3. The van der Waals surface area contributed by atoms with E-state index in [4.69, 9.17) is 4.74 Å². The van der Waals surface area contributed by atoms with Crippen LogP contribution in [0.5, 0.6) is 0 Å². The van der Waals surface area contributed by atoms with Gasteiger partial charge in [-0.3, -0.25) is 9.69 Å². The number of fused-ring (bicyclic) bond motifs is 8. The van der Waals surface area contributed by atoms with Crippen LogP contribution in [0.15, 0.2) is 24.3 Å². The third-order valence-electron chi connectivity index (χ3n) is 7.19. The molecule has 2 aliphatic heterocycles. The number of nitrogens with zero attached hydrogens (tertiary/aromatic N) is 5. The molecule has 8 nitrogen and oxygen atoms in total. The maximum atomic E-state index is 13.0. The summed E-state index contributed by atoms with van der Waals surface area (Å²) >= 11 is 0. The van der Waals surface area contributed by atoms with Crippen LogP contribution in [0.3, 0.4) is 0 Å². The van der Waals surface area contributed by atoms with Gasteiger partial charge in [0.2, 0.25) is 0 Å². The van der Waals surface area contributed by atoms with Gasteiger partial charge in [-0.25, -0.2) is 4.68 Å². The van der Waals surface area contributed by atoms with Crippen molar-refractivity contribution in [3.05, 3.63) is 41.3 Å². The Balaban J connectivity index is 1.60. The summed E-state index contributed by atoms with van der Waals surface area (Å²) in [7, 11) is 1.49. The van der Waals surface area contributed by atoms with E-state index < -0.39 is 0 Å². The highest BCUT2D eigenvalue weighted by molar-refractivity contribution is 5.87.